The Morgan fingerprint density at radius 3 is 2.73 bits per heavy atom. The van der Waals surface area contributed by atoms with E-state index in [1.54, 1.807) is 18.3 Å². The molecule has 0 atom stereocenters. The Bertz CT molecular complexity index is 1050. The average molecular weight is 473 g/mol. The molecule has 0 unspecified atom stereocenters. The Kier molecular flexibility index (Phi) is 6.01. The van der Waals surface area contributed by atoms with Gasteiger partial charge >= 0.3 is 0 Å². The summed E-state index contributed by atoms with van der Waals surface area (Å²) in [5, 5.41) is 4.19. The van der Waals surface area contributed by atoms with Crippen molar-refractivity contribution in [2.45, 2.75) is 39.8 Å². The molecule has 1 amide bonds. The smallest absolute Gasteiger partial charge is 0.257 e. The Morgan fingerprint density at radius 1 is 1.23 bits per heavy atom. The summed E-state index contributed by atoms with van der Waals surface area (Å²) < 4.78 is 8.23. The van der Waals surface area contributed by atoms with Gasteiger partial charge in [0.1, 0.15) is 12.0 Å². The summed E-state index contributed by atoms with van der Waals surface area (Å²) in [6.45, 7) is 7.33. The summed E-state index contributed by atoms with van der Waals surface area (Å²) in [6, 6.07) is 5.70. The first-order chi connectivity index (χ1) is 14.5. The highest BCUT2D eigenvalue weighted by atomic mass is 79.9. The van der Waals surface area contributed by atoms with Crippen molar-refractivity contribution in [1.82, 2.24) is 29.5 Å². The number of imidazole rings is 1. The fraction of sp³-hybridized carbons (Fsp3) is 0.429. The van der Waals surface area contributed by atoms with Crippen LogP contribution in [0.2, 0.25) is 0 Å². The molecule has 2 aromatic heterocycles. The number of aromatic nitrogens is 4. The number of carbonyl (C=O) groups excluding carboxylic acids is 1. The fourth-order valence-electron chi connectivity index (χ4n) is 3.84. The van der Waals surface area contributed by atoms with E-state index >= 15 is 0 Å². The number of fused-ring (bicyclic) bond motifs is 3. The van der Waals surface area contributed by atoms with Gasteiger partial charge in [-0.1, -0.05) is 25.1 Å². The van der Waals surface area contributed by atoms with Crippen molar-refractivity contribution in [2.24, 2.45) is 0 Å². The minimum atomic E-state index is -0.0456. The maximum atomic E-state index is 12.9. The van der Waals surface area contributed by atoms with Gasteiger partial charge in [-0.25, -0.2) is 4.98 Å². The molecule has 158 valence electrons. The molecule has 4 rings (SSSR count). The van der Waals surface area contributed by atoms with Crippen LogP contribution in [0.3, 0.4) is 0 Å². The van der Waals surface area contributed by atoms with E-state index in [1.807, 2.05) is 22.8 Å². The highest BCUT2D eigenvalue weighted by Gasteiger charge is 2.29. The van der Waals surface area contributed by atoms with E-state index in [9.17, 15) is 4.79 Å². The van der Waals surface area contributed by atoms with E-state index in [1.165, 1.54) is 0 Å². The number of rotatable bonds is 7. The first kappa shape index (κ1) is 20.7. The molecule has 3 heterocycles. The zero-order valence-electron chi connectivity index (χ0n) is 17.4. The van der Waals surface area contributed by atoms with Gasteiger partial charge in [-0.2, -0.15) is 4.98 Å². The summed E-state index contributed by atoms with van der Waals surface area (Å²) in [7, 11) is 1.78. The molecule has 8 nitrogen and oxygen atoms in total. The van der Waals surface area contributed by atoms with Crippen LogP contribution in [-0.2, 0) is 13.1 Å². The summed E-state index contributed by atoms with van der Waals surface area (Å²) in [6.07, 6.45) is 3.87. The molecule has 3 aromatic rings. The van der Waals surface area contributed by atoms with Crippen molar-refractivity contribution in [3.63, 3.8) is 0 Å². The molecule has 0 bridgehead atoms. The maximum Gasteiger partial charge on any atom is 0.257 e. The van der Waals surface area contributed by atoms with E-state index in [0.717, 1.165) is 41.8 Å². The number of hydrogen-bond acceptors (Lipinski definition) is 6. The number of amides is 1. The lowest BCUT2D eigenvalue weighted by atomic mass is 10.1. The third-order valence-electron chi connectivity index (χ3n) is 5.18. The van der Waals surface area contributed by atoms with Crippen LogP contribution in [0.5, 0.6) is 0 Å². The van der Waals surface area contributed by atoms with E-state index in [-0.39, 0.29) is 5.91 Å². The molecular weight excluding hydrogens is 448 g/mol. The van der Waals surface area contributed by atoms with E-state index in [0.29, 0.717) is 36.1 Å². The molecule has 0 aliphatic carbocycles. The minimum absolute atomic E-state index is 0.0456. The standard InChI is InChI=1S/C21H25BrN6O2/c1-4-9-27(10-5-2)12-17-24-20(25-30-17)19-16-11-26(3)21(29)18-14(22)7-6-8-15(18)28(16)13-23-19/h6-8,13H,4-5,9-12H2,1-3H3. The zero-order chi connectivity index (χ0) is 21.3. The van der Waals surface area contributed by atoms with Gasteiger partial charge in [0, 0.05) is 11.5 Å². The Hall–Kier alpha value is -2.52. The van der Waals surface area contributed by atoms with Crippen molar-refractivity contribution < 1.29 is 9.32 Å². The van der Waals surface area contributed by atoms with Crippen LogP contribution in [0.1, 0.15) is 48.6 Å². The van der Waals surface area contributed by atoms with Gasteiger partial charge in [0.05, 0.1) is 30.0 Å². The van der Waals surface area contributed by atoms with E-state index in [4.69, 9.17) is 4.52 Å². The predicted octanol–water partition coefficient (Wildman–Crippen LogP) is 3.89. The lowest BCUT2D eigenvalue weighted by Crippen LogP contribution is -2.25. The molecule has 1 aromatic carbocycles. The molecule has 0 N–H and O–H groups in total. The molecule has 0 fully saturated rings. The van der Waals surface area contributed by atoms with Crippen LogP contribution in [0.4, 0.5) is 0 Å². The highest BCUT2D eigenvalue weighted by molar-refractivity contribution is 9.10. The normalized spacial score (nSPS) is 13.5. The van der Waals surface area contributed by atoms with Gasteiger partial charge in [-0.15, -0.1) is 0 Å². The van der Waals surface area contributed by atoms with Crippen LogP contribution in [0, 0.1) is 0 Å². The number of carbonyl (C=O) groups is 1. The summed E-state index contributed by atoms with van der Waals surface area (Å²) in [4.78, 5) is 26.1. The molecule has 0 spiro atoms. The minimum Gasteiger partial charge on any atom is -0.337 e. The summed E-state index contributed by atoms with van der Waals surface area (Å²) in [5.74, 6) is 0.983. The second kappa shape index (κ2) is 8.69. The van der Waals surface area contributed by atoms with Crippen LogP contribution in [-0.4, -0.2) is 55.5 Å². The molecule has 0 radical (unpaired) electrons. The quantitative estimate of drug-likeness (QED) is 0.518. The van der Waals surface area contributed by atoms with Crippen LogP contribution < -0.4 is 0 Å². The second-order valence-electron chi connectivity index (χ2n) is 7.49. The monoisotopic (exact) mass is 472 g/mol. The van der Waals surface area contributed by atoms with E-state index < -0.39 is 0 Å². The van der Waals surface area contributed by atoms with Crippen LogP contribution in [0.25, 0.3) is 17.2 Å². The topological polar surface area (TPSA) is 80.3 Å². The van der Waals surface area contributed by atoms with Gasteiger partial charge < -0.3 is 9.42 Å². The number of nitrogens with zero attached hydrogens (tertiary/aromatic N) is 6. The van der Waals surface area contributed by atoms with Crippen molar-refractivity contribution >= 4 is 21.8 Å². The van der Waals surface area contributed by atoms with Crippen molar-refractivity contribution in [2.75, 3.05) is 20.1 Å². The maximum absolute atomic E-state index is 12.9. The Balaban J connectivity index is 1.70. The van der Waals surface area contributed by atoms with E-state index in [2.05, 4.69) is 49.8 Å². The first-order valence-corrected chi connectivity index (χ1v) is 11.0. The van der Waals surface area contributed by atoms with Gasteiger partial charge in [0.15, 0.2) is 0 Å². The van der Waals surface area contributed by atoms with Crippen molar-refractivity contribution in [3.05, 3.63) is 46.1 Å². The molecule has 0 saturated carbocycles. The molecule has 1 aliphatic heterocycles. The lowest BCUT2D eigenvalue weighted by Gasteiger charge is -2.18. The highest BCUT2D eigenvalue weighted by Crippen LogP contribution is 2.32. The van der Waals surface area contributed by atoms with Crippen molar-refractivity contribution in [1.29, 1.82) is 0 Å². The Labute approximate surface area is 184 Å². The molecule has 9 heteroatoms. The number of benzene rings is 1. The summed E-state index contributed by atoms with van der Waals surface area (Å²) in [5.41, 5.74) is 2.89. The first-order valence-electron chi connectivity index (χ1n) is 10.2. The van der Waals surface area contributed by atoms with Gasteiger partial charge in [-0.3, -0.25) is 14.3 Å². The fourth-order valence-corrected chi connectivity index (χ4v) is 4.37. The predicted molar refractivity (Wildman–Crippen MR) is 116 cm³/mol. The molecule has 30 heavy (non-hydrogen) atoms. The number of hydrogen-bond donors (Lipinski definition) is 0. The average Bonchev–Trinajstić information content (AvgIpc) is 3.32. The summed E-state index contributed by atoms with van der Waals surface area (Å²) >= 11 is 3.51. The number of halogens is 1. The zero-order valence-corrected chi connectivity index (χ0v) is 19.0. The Morgan fingerprint density at radius 2 is 2.00 bits per heavy atom. The third-order valence-corrected chi connectivity index (χ3v) is 5.84. The lowest BCUT2D eigenvalue weighted by molar-refractivity contribution is 0.0787. The molecule has 1 aliphatic rings. The van der Waals surface area contributed by atoms with Gasteiger partial charge in [-0.05, 0) is 54.0 Å². The molecular formula is C21H25BrN6O2. The second-order valence-corrected chi connectivity index (χ2v) is 8.35. The van der Waals surface area contributed by atoms with Gasteiger partial charge in [0.25, 0.3) is 5.91 Å². The largest absolute Gasteiger partial charge is 0.337 e. The van der Waals surface area contributed by atoms with Crippen LogP contribution in [0.15, 0.2) is 33.5 Å². The third kappa shape index (κ3) is 3.79. The SMILES string of the molecule is CCCN(CCC)Cc1nc(-c2ncn3c2CN(C)C(=O)c2c(Br)cccc2-3)no1. The van der Waals surface area contributed by atoms with Crippen LogP contribution >= 0.6 is 15.9 Å². The van der Waals surface area contributed by atoms with Crippen molar-refractivity contribution in [3.8, 4) is 17.2 Å². The molecule has 0 saturated heterocycles. The van der Waals surface area contributed by atoms with Gasteiger partial charge in [0.2, 0.25) is 11.7 Å².